The lowest BCUT2D eigenvalue weighted by Crippen LogP contribution is -2.17. The van der Waals surface area contributed by atoms with Crippen molar-refractivity contribution in [3.63, 3.8) is 0 Å². The van der Waals surface area contributed by atoms with Gasteiger partial charge in [0, 0.05) is 6.04 Å². The van der Waals surface area contributed by atoms with E-state index in [0.717, 1.165) is 11.1 Å². The minimum absolute atomic E-state index is 0.248. The molecule has 0 heterocycles. The highest BCUT2D eigenvalue weighted by atomic mass is 32.2. The quantitative estimate of drug-likeness (QED) is 0.911. The molecule has 4 nitrogen and oxygen atoms in total. The Morgan fingerprint density at radius 2 is 1.76 bits per heavy atom. The van der Waals surface area contributed by atoms with Crippen molar-refractivity contribution in [1.29, 1.82) is 0 Å². The Kier molecular flexibility index (Phi) is 4.34. The Bertz CT molecular complexity index is 753. The van der Waals surface area contributed by atoms with Gasteiger partial charge in [0.05, 0.1) is 10.6 Å². The molecule has 0 bridgehead atoms. The van der Waals surface area contributed by atoms with Crippen LogP contribution in [0.3, 0.4) is 0 Å². The monoisotopic (exact) mass is 304 g/mol. The van der Waals surface area contributed by atoms with Crippen molar-refractivity contribution < 1.29 is 8.42 Å². The summed E-state index contributed by atoms with van der Waals surface area (Å²) in [5, 5.41) is 0. The fourth-order valence-electron chi connectivity index (χ4n) is 2.18. The van der Waals surface area contributed by atoms with Gasteiger partial charge in [-0.1, -0.05) is 30.3 Å². The molecule has 21 heavy (non-hydrogen) atoms. The fourth-order valence-corrected chi connectivity index (χ4v) is 3.60. The first-order valence-corrected chi connectivity index (χ1v) is 8.24. The van der Waals surface area contributed by atoms with E-state index >= 15 is 0 Å². The lowest BCUT2D eigenvalue weighted by molar-refractivity contribution is 0.600. The average Bonchev–Trinajstić information content (AvgIpc) is 2.41. The first-order chi connectivity index (χ1) is 9.81. The number of para-hydroxylation sites is 1. The lowest BCUT2D eigenvalue weighted by atomic mass is 10.1. The first-order valence-electron chi connectivity index (χ1n) is 6.76. The summed E-state index contributed by atoms with van der Waals surface area (Å²) in [6.07, 6.45) is 0. The number of anilines is 1. The Morgan fingerprint density at radius 1 is 1.10 bits per heavy atom. The van der Waals surface area contributed by atoms with Gasteiger partial charge < -0.3 is 5.73 Å². The summed E-state index contributed by atoms with van der Waals surface area (Å²) in [6, 6.07) is 12.3. The largest absolute Gasteiger partial charge is 0.324 e. The normalized spacial score (nSPS) is 13.0. The van der Waals surface area contributed by atoms with Crippen LogP contribution in [0.5, 0.6) is 0 Å². The standard InChI is InChI=1S/C16H20N2O2S/c1-11-8-9-12(2)16(10-11)21(19,20)18-15-7-5-4-6-14(15)13(3)17/h4-10,13,18H,17H2,1-3H3. The summed E-state index contributed by atoms with van der Waals surface area (Å²) >= 11 is 0. The lowest BCUT2D eigenvalue weighted by Gasteiger charge is -2.16. The SMILES string of the molecule is Cc1ccc(C)c(S(=O)(=O)Nc2ccccc2C(C)N)c1. The van der Waals surface area contributed by atoms with Crippen LogP contribution in [0.25, 0.3) is 0 Å². The van der Waals surface area contributed by atoms with Crippen LogP contribution >= 0.6 is 0 Å². The predicted octanol–water partition coefficient (Wildman–Crippen LogP) is 3.12. The van der Waals surface area contributed by atoms with Gasteiger partial charge >= 0.3 is 0 Å². The summed E-state index contributed by atoms with van der Waals surface area (Å²) < 4.78 is 27.8. The van der Waals surface area contributed by atoms with E-state index in [9.17, 15) is 8.42 Å². The number of rotatable bonds is 4. The molecule has 2 aromatic carbocycles. The van der Waals surface area contributed by atoms with Gasteiger partial charge in [-0.15, -0.1) is 0 Å². The second-order valence-corrected chi connectivity index (χ2v) is 6.90. The highest BCUT2D eigenvalue weighted by Gasteiger charge is 2.19. The van der Waals surface area contributed by atoms with Crippen LogP contribution in [0.4, 0.5) is 5.69 Å². The van der Waals surface area contributed by atoms with Crippen LogP contribution in [0.1, 0.15) is 29.7 Å². The van der Waals surface area contributed by atoms with E-state index in [0.29, 0.717) is 16.1 Å². The second kappa shape index (κ2) is 5.87. The van der Waals surface area contributed by atoms with Crippen molar-refractivity contribution in [2.45, 2.75) is 31.7 Å². The molecule has 0 aromatic heterocycles. The molecule has 0 fully saturated rings. The van der Waals surface area contributed by atoms with Crippen LogP contribution in [0.15, 0.2) is 47.4 Å². The highest BCUT2D eigenvalue weighted by molar-refractivity contribution is 7.92. The molecule has 0 aliphatic rings. The Morgan fingerprint density at radius 3 is 2.43 bits per heavy atom. The third-order valence-electron chi connectivity index (χ3n) is 3.33. The molecule has 2 aromatic rings. The summed E-state index contributed by atoms with van der Waals surface area (Å²) in [5.41, 5.74) is 8.80. The van der Waals surface area contributed by atoms with Gasteiger partial charge in [-0.3, -0.25) is 4.72 Å². The maximum Gasteiger partial charge on any atom is 0.262 e. The molecule has 1 atom stereocenters. The molecule has 0 radical (unpaired) electrons. The summed E-state index contributed by atoms with van der Waals surface area (Å²) in [5.74, 6) is 0. The van der Waals surface area contributed by atoms with E-state index in [1.165, 1.54) is 0 Å². The summed E-state index contributed by atoms with van der Waals surface area (Å²) in [4.78, 5) is 0.293. The van der Waals surface area contributed by atoms with E-state index in [1.54, 1.807) is 31.2 Å². The van der Waals surface area contributed by atoms with E-state index in [-0.39, 0.29) is 6.04 Å². The maximum absolute atomic E-state index is 12.6. The molecule has 0 aliphatic carbocycles. The number of aryl methyl sites for hydroxylation is 2. The van der Waals surface area contributed by atoms with Crippen LogP contribution in [-0.2, 0) is 10.0 Å². The first kappa shape index (κ1) is 15.5. The van der Waals surface area contributed by atoms with Gasteiger partial charge in [-0.05, 0) is 49.6 Å². The highest BCUT2D eigenvalue weighted by Crippen LogP contribution is 2.25. The molecule has 1 unspecified atom stereocenters. The van der Waals surface area contributed by atoms with Gasteiger partial charge in [0.25, 0.3) is 10.0 Å². The minimum atomic E-state index is -3.63. The summed E-state index contributed by atoms with van der Waals surface area (Å²) in [6.45, 7) is 5.48. The minimum Gasteiger partial charge on any atom is -0.324 e. The molecule has 0 saturated heterocycles. The van der Waals surface area contributed by atoms with Crippen LogP contribution < -0.4 is 10.5 Å². The van der Waals surface area contributed by atoms with Gasteiger partial charge in [0.2, 0.25) is 0 Å². The third-order valence-corrected chi connectivity index (χ3v) is 4.84. The van der Waals surface area contributed by atoms with Crippen molar-refractivity contribution in [3.05, 3.63) is 59.2 Å². The number of hydrogen-bond acceptors (Lipinski definition) is 3. The Balaban J connectivity index is 2.45. The van der Waals surface area contributed by atoms with Crippen LogP contribution in [0.2, 0.25) is 0 Å². The van der Waals surface area contributed by atoms with E-state index in [4.69, 9.17) is 5.73 Å². The average molecular weight is 304 g/mol. The van der Waals surface area contributed by atoms with Crippen molar-refractivity contribution in [3.8, 4) is 0 Å². The molecule has 5 heteroatoms. The molecule has 0 amide bonds. The zero-order chi connectivity index (χ0) is 15.6. The Hall–Kier alpha value is -1.85. The van der Waals surface area contributed by atoms with Crippen LogP contribution in [0, 0.1) is 13.8 Å². The van der Waals surface area contributed by atoms with Crippen molar-refractivity contribution in [2.24, 2.45) is 5.73 Å². The molecular weight excluding hydrogens is 284 g/mol. The smallest absolute Gasteiger partial charge is 0.262 e. The zero-order valence-corrected chi connectivity index (χ0v) is 13.2. The number of benzene rings is 2. The molecular formula is C16H20N2O2S. The van der Waals surface area contributed by atoms with E-state index < -0.39 is 10.0 Å². The van der Waals surface area contributed by atoms with Crippen LogP contribution in [-0.4, -0.2) is 8.42 Å². The molecule has 2 rings (SSSR count). The fraction of sp³-hybridized carbons (Fsp3) is 0.250. The topological polar surface area (TPSA) is 72.2 Å². The third kappa shape index (κ3) is 3.43. The van der Waals surface area contributed by atoms with E-state index in [1.807, 2.05) is 32.0 Å². The van der Waals surface area contributed by atoms with Crippen molar-refractivity contribution in [2.75, 3.05) is 4.72 Å². The zero-order valence-electron chi connectivity index (χ0n) is 12.4. The number of sulfonamides is 1. The van der Waals surface area contributed by atoms with Gasteiger partial charge in [0.1, 0.15) is 0 Å². The number of nitrogens with one attached hydrogen (secondary N) is 1. The van der Waals surface area contributed by atoms with E-state index in [2.05, 4.69) is 4.72 Å². The molecule has 0 aliphatic heterocycles. The molecule has 3 N–H and O–H groups in total. The number of nitrogens with two attached hydrogens (primary N) is 1. The van der Waals surface area contributed by atoms with Gasteiger partial charge in [0.15, 0.2) is 0 Å². The van der Waals surface area contributed by atoms with Gasteiger partial charge in [-0.2, -0.15) is 0 Å². The maximum atomic E-state index is 12.6. The molecule has 0 spiro atoms. The van der Waals surface area contributed by atoms with Crippen molar-refractivity contribution >= 4 is 15.7 Å². The second-order valence-electron chi connectivity index (χ2n) is 5.25. The molecule has 112 valence electrons. The predicted molar refractivity (Wildman–Crippen MR) is 85.8 cm³/mol. The van der Waals surface area contributed by atoms with Gasteiger partial charge in [-0.25, -0.2) is 8.42 Å². The summed E-state index contributed by atoms with van der Waals surface area (Å²) in [7, 11) is -3.63. The van der Waals surface area contributed by atoms with Crippen molar-refractivity contribution in [1.82, 2.24) is 0 Å². The Labute approximate surface area is 126 Å². The molecule has 0 saturated carbocycles. The number of hydrogen-bond donors (Lipinski definition) is 2.